The fourth-order valence-electron chi connectivity index (χ4n) is 1.71. The summed E-state index contributed by atoms with van der Waals surface area (Å²) < 4.78 is 0. The Hall–Kier alpha value is -0.980. The topological polar surface area (TPSA) is 27.0 Å². The van der Waals surface area contributed by atoms with Crippen molar-refractivity contribution in [1.82, 2.24) is 4.90 Å². The molecule has 0 aliphatic carbocycles. The number of nitriles is 1. The summed E-state index contributed by atoms with van der Waals surface area (Å²) in [6, 6.07) is 10.0. The van der Waals surface area contributed by atoms with Crippen LogP contribution in [-0.4, -0.2) is 30.0 Å². The van der Waals surface area contributed by atoms with Gasteiger partial charge in [0.05, 0.1) is 11.6 Å². The second kappa shape index (κ2) is 8.16. The van der Waals surface area contributed by atoms with Crippen molar-refractivity contribution in [2.75, 3.05) is 25.1 Å². The number of hydrogen-bond acceptors (Lipinski definition) is 3. The van der Waals surface area contributed by atoms with Crippen LogP contribution in [-0.2, 0) is 6.54 Å². The van der Waals surface area contributed by atoms with Crippen LogP contribution in [0.25, 0.3) is 0 Å². The second-order valence-electron chi connectivity index (χ2n) is 4.10. The van der Waals surface area contributed by atoms with Crippen molar-refractivity contribution in [3.8, 4) is 6.07 Å². The van der Waals surface area contributed by atoms with Gasteiger partial charge in [0.25, 0.3) is 0 Å². The predicted molar refractivity (Wildman–Crippen MR) is 75.1 cm³/mol. The Balaban J connectivity index is 2.34. The van der Waals surface area contributed by atoms with Crippen LogP contribution in [0.3, 0.4) is 0 Å². The van der Waals surface area contributed by atoms with E-state index < -0.39 is 0 Å². The van der Waals surface area contributed by atoms with E-state index >= 15 is 0 Å². The molecule has 17 heavy (non-hydrogen) atoms. The molecule has 1 rings (SSSR count). The molecule has 0 spiro atoms. The Kier molecular flexibility index (Phi) is 6.76. The van der Waals surface area contributed by atoms with E-state index in [1.807, 2.05) is 30.0 Å². The Morgan fingerprint density at radius 2 is 2.24 bits per heavy atom. The molecular weight excluding hydrogens is 228 g/mol. The molecule has 0 unspecified atom stereocenters. The number of rotatable bonds is 7. The third-order valence-corrected chi connectivity index (χ3v) is 3.53. The molecule has 0 radical (unpaired) electrons. The van der Waals surface area contributed by atoms with E-state index in [9.17, 15) is 0 Å². The smallest absolute Gasteiger partial charge is 0.0991 e. The molecule has 0 atom stereocenters. The van der Waals surface area contributed by atoms with Gasteiger partial charge in [-0.3, -0.25) is 0 Å². The van der Waals surface area contributed by atoms with Crippen molar-refractivity contribution < 1.29 is 0 Å². The highest BCUT2D eigenvalue weighted by molar-refractivity contribution is 7.99. The molecule has 0 saturated heterocycles. The molecule has 0 bridgehead atoms. The molecule has 0 heterocycles. The lowest BCUT2D eigenvalue weighted by molar-refractivity contribution is 0.328. The average Bonchev–Trinajstić information content (AvgIpc) is 2.35. The van der Waals surface area contributed by atoms with Gasteiger partial charge in [0, 0.05) is 6.54 Å². The highest BCUT2D eigenvalue weighted by Gasteiger charge is 2.01. The average molecular weight is 248 g/mol. The molecule has 0 aliphatic rings. The molecule has 0 aromatic heterocycles. The van der Waals surface area contributed by atoms with Gasteiger partial charge >= 0.3 is 0 Å². The van der Waals surface area contributed by atoms with Gasteiger partial charge in [0.1, 0.15) is 0 Å². The quantitative estimate of drug-likeness (QED) is 0.694. The Labute approximate surface area is 109 Å². The molecule has 0 N–H and O–H groups in total. The number of benzene rings is 1. The lowest BCUT2D eigenvalue weighted by Gasteiger charge is -2.16. The number of nitrogens with zero attached hydrogens (tertiary/aromatic N) is 2. The minimum Gasteiger partial charge on any atom is -0.302 e. The summed E-state index contributed by atoms with van der Waals surface area (Å²) in [6.07, 6.45) is 1.23. The standard InChI is InChI=1S/C14H20N2S/c1-3-17-9-5-8-16(2)12-14-7-4-6-13(10-14)11-15/h4,6-7,10H,3,5,8-9,12H2,1-2H3. The first kappa shape index (κ1) is 14.1. The first-order valence-electron chi connectivity index (χ1n) is 6.01. The second-order valence-corrected chi connectivity index (χ2v) is 5.49. The third kappa shape index (κ3) is 5.76. The largest absolute Gasteiger partial charge is 0.302 e. The number of hydrogen-bond donors (Lipinski definition) is 0. The molecule has 1 aromatic carbocycles. The zero-order valence-electron chi connectivity index (χ0n) is 10.6. The molecule has 3 heteroatoms. The summed E-state index contributed by atoms with van der Waals surface area (Å²) in [5.41, 5.74) is 1.96. The van der Waals surface area contributed by atoms with Crippen LogP contribution in [0.2, 0.25) is 0 Å². The van der Waals surface area contributed by atoms with E-state index in [0.29, 0.717) is 0 Å². The summed E-state index contributed by atoms with van der Waals surface area (Å²) in [5.74, 6) is 2.44. The van der Waals surface area contributed by atoms with E-state index in [4.69, 9.17) is 5.26 Å². The van der Waals surface area contributed by atoms with Crippen LogP contribution < -0.4 is 0 Å². The molecule has 92 valence electrons. The summed E-state index contributed by atoms with van der Waals surface area (Å²) in [6.45, 7) is 4.23. The van der Waals surface area contributed by atoms with Crippen LogP contribution in [0.15, 0.2) is 24.3 Å². The van der Waals surface area contributed by atoms with Crippen molar-refractivity contribution in [1.29, 1.82) is 5.26 Å². The Morgan fingerprint density at radius 1 is 1.41 bits per heavy atom. The summed E-state index contributed by atoms with van der Waals surface area (Å²) in [7, 11) is 2.13. The van der Waals surface area contributed by atoms with Gasteiger partial charge in [-0.15, -0.1) is 0 Å². The Bertz CT molecular complexity index is 371. The van der Waals surface area contributed by atoms with Crippen LogP contribution in [0, 0.1) is 11.3 Å². The van der Waals surface area contributed by atoms with Gasteiger partial charge in [-0.05, 0) is 49.2 Å². The highest BCUT2D eigenvalue weighted by Crippen LogP contribution is 2.08. The normalized spacial score (nSPS) is 10.5. The monoisotopic (exact) mass is 248 g/mol. The van der Waals surface area contributed by atoms with Crippen molar-refractivity contribution in [2.24, 2.45) is 0 Å². The first-order chi connectivity index (χ1) is 8.26. The van der Waals surface area contributed by atoms with Crippen LogP contribution in [0.4, 0.5) is 0 Å². The maximum Gasteiger partial charge on any atom is 0.0991 e. The van der Waals surface area contributed by atoms with Crippen LogP contribution in [0.1, 0.15) is 24.5 Å². The van der Waals surface area contributed by atoms with Crippen molar-refractivity contribution in [3.63, 3.8) is 0 Å². The first-order valence-corrected chi connectivity index (χ1v) is 7.17. The van der Waals surface area contributed by atoms with E-state index in [1.165, 1.54) is 23.5 Å². The summed E-state index contributed by atoms with van der Waals surface area (Å²) in [4.78, 5) is 2.31. The van der Waals surface area contributed by atoms with Gasteiger partial charge in [-0.1, -0.05) is 19.1 Å². The van der Waals surface area contributed by atoms with Crippen LogP contribution in [0.5, 0.6) is 0 Å². The van der Waals surface area contributed by atoms with Gasteiger partial charge < -0.3 is 4.90 Å². The van der Waals surface area contributed by atoms with Gasteiger partial charge in [0.2, 0.25) is 0 Å². The van der Waals surface area contributed by atoms with Crippen molar-refractivity contribution in [2.45, 2.75) is 19.9 Å². The molecule has 2 nitrogen and oxygen atoms in total. The fourth-order valence-corrected chi connectivity index (χ4v) is 2.33. The lowest BCUT2D eigenvalue weighted by atomic mass is 10.1. The molecule has 0 fully saturated rings. The Morgan fingerprint density at radius 3 is 2.94 bits per heavy atom. The third-order valence-electron chi connectivity index (χ3n) is 2.54. The van der Waals surface area contributed by atoms with E-state index in [1.54, 1.807) is 0 Å². The van der Waals surface area contributed by atoms with Crippen molar-refractivity contribution >= 4 is 11.8 Å². The van der Waals surface area contributed by atoms with Crippen molar-refractivity contribution in [3.05, 3.63) is 35.4 Å². The van der Waals surface area contributed by atoms with Gasteiger partial charge in [0.15, 0.2) is 0 Å². The molecule has 0 saturated carbocycles. The van der Waals surface area contributed by atoms with Crippen LogP contribution >= 0.6 is 11.8 Å². The fraction of sp³-hybridized carbons (Fsp3) is 0.500. The SMILES string of the molecule is CCSCCCN(C)Cc1cccc(C#N)c1. The van der Waals surface area contributed by atoms with E-state index in [2.05, 4.69) is 31.0 Å². The highest BCUT2D eigenvalue weighted by atomic mass is 32.2. The zero-order chi connectivity index (χ0) is 12.5. The molecular formula is C14H20N2S. The molecule has 1 aromatic rings. The summed E-state index contributed by atoms with van der Waals surface area (Å²) in [5, 5.41) is 8.83. The lowest BCUT2D eigenvalue weighted by Crippen LogP contribution is -2.19. The number of thioether (sulfide) groups is 1. The minimum atomic E-state index is 0.748. The summed E-state index contributed by atoms with van der Waals surface area (Å²) >= 11 is 1.99. The molecule has 0 amide bonds. The molecule has 0 aliphatic heterocycles. The van der Waals surface area contributed by atoms with E-state index in [0.717, 1.165) is 18.7 Å². The van der Waals surface area contributed by atoms with Gasteiger partial charge in [-0.2, -0.15) is 17.0 Å². The minimum absolute atomic E-state index is 0.748. The van der Waals surface area contributed by atoms with E-state index in [-0.39, 0.29) is 0 Å². The maximum absolute atomic E-state index is 8.83. The zero-order valence-corrected chi connectivity index (χ0v) is 11.5. The predicted octanol–water partition coefficient (Wildman–Crippen LogP) is 3.13. The maximum atomic E-state index is 8.83. The van der Waals surface area contributed by atoms with Gasteiger partial charge in [-0.25, -0.2) is 0 Å².